The molecule has 2 nitrogen and oxygen atoms in total. The molecule has 1 aromatic carbocycles. The van der Waals surface area contributed by atoms with Crippen LogP contribution in [0.2, 0.25) is 0 Å². The summed E-state index contributed by atoms with van der Waals surface area (Å²) < 4.78 is 5.56. The van der Waals surface area contributed by atoms with Gasteiger partial charge in [0, 0.05) is 6.61 Å². The summed E-state index contributed by atoms with van der Waals surface area (Å²) in [5.41, 5.74) is 8.58. The van der Waals surface area contributed by atoms with E-state index in [1.165, 1.54) is 5.56 Å². The monoisotopic (exact) mass is 235 g/mol. The van der Waals surface area contributed by atoms with E-state index < -0.39 is 0 Å². The summed E-state index contributed by atoms with van der Waals surface area (Å²) in [6.07, 6.45) is 0. The number of ether oxygens (including phenoxy) is 1. The Morgan fingerprint density at radius 1 is 0.941 bits per heavy atom. The van der Waals surface area contributed by atoms with Crippen molar-refractivity contribution in [2.24, 2.45) is 11.7 Å². The summed E-state index contributed by atoms with van der Waals surface area (Å²) in [7, 11) is 0. The highest BCUT2D eigenvalue weighted by atomic mass is 16.5. The van der Waals surface area contributed by atoms with E-state index in [1.807, 2.05) is 0 Å². The minimum atomic E-state index is -0.0186. The fraction of sp³-hybridized carbons (Fsp3) is 0.600. The van der Waals surface area contributed by atoms with Gasteiger partial charge in [-0.05, 0) is 23.0 Å². The first-order valence-electron chi connectivity index (χ1n) is 6.44. The third kappa shape index (κ3) is 4.88. The van der Waals surface area contributed by atoms with Crippen molar-refractivity contribution >= 4 is 0 Å². The van der Waals surface area contributed by atoms with E-state index in [0.717, 1.165) is 12.2 Å². The van der Waals surface area contributed by atoms with E-state index in [1.54, 1.807) is 0 Å². The number of hydrogen-bond donors (Lipinski definition) is 1. The first-order chi connectivity index (χ1) is 8.00. The molecular weight excluding hydrogens is 210 g/mol. The molecule has 0 aliphatic heterocycles. The molecule has 2 heteroatoms. The summed E-state index contributed by atoms with van der Waals surface area (Å²) >= 11 is 0. The number of hydrogen-bond acceptors (Lipinski definition) is 2. The van der Waals surface area contributed by atoms with Crippen LogP contribution in [0.25, 0.3) is 0 Å². The van der Waals surface area contributed by atoms with E-state index in [-0.39, 0.29) is 6.04 Å². The first kappa shape index (κ1) is 14.2. The standard InChI is InChI=1S/C15H25NO/c1-11(2)9-17-10-15(16)14-7-5-13(6-8-14)12(3)4/h5-8,11-12,15H,9-10,16H2,1-4H3. The zero-order valence-electron chi connectivity index (χ0n) is 11.4. The van der Waals surface area contributed by atoms with Gasteiger partial charge in [-0.25, -0.2) is 0 Å². The molecule has 1 atom stereocenters. The maximum Gasteiger partial charge on any atom is 0.0659 e. The van der Waals surface area contributed by atoms with Gasteiger partial charge in [-0.3, -0.25) is 0 Å². The van der Waals surface area contributed by atoms with Crippen molar-refractivity contribution in [2.45, 2.75) is 39.7 Å². The van der Waals surface area contributed by atoms with Gasteiger partial charge >= 0.3 is 0 Å². The second kappa shape index (κ2) is 6.77. The van der Waals surface area contributed by atoms with E-state index in [0.29, 0.717) is 18.4 Å². The molecule has 17 heavy (non-hydrogen) atoms. The minimum absolute atomic E-state index is 0.0186. The summed E-state index contributed by atoms with van der Waals surface area (Å²) in [6, 6.07) is 8.51. The smallest absolute Gasteiger partial charge is 0.0659 e. The molecule has 1 aromatic rings. The molecule has 0 fully saturated rings. The molecule has 0 saturated heterocycles. The van der Waals surface area contributed by atoms with Gasteiger partial charge in [0.05, 0.1) is 12.6 Å². The predicted octanol–water partition coefficient (Wildman–Crippen LogP) is 3.48. The molecule has 1 unspecified atom stereocenters. The average molecular weight is 235 g/mol. The van der Waals surface area contributed by atoms with Crippen LogP contribution in [0.5, 0.6) is 0 Å². The molecule has 0 aliphatic rings. The molecule has 0 amide bonds. The zero-order valence-corrected chi connectivity index (χ0v) is 11.4. The SMILES string of the molecule is CC(C)COCC(N)c1ccc(C(C)C)cc1. The minimum Gasteiger partial charge on any atom is -0.379 e. The molecule has 2 N–H and O–H groups in total. The molecule has 0 spiro atoms. The lowest BCUT2D eigenvalue weighted by Crippen LogP contribution is -2.18. The first-order valence-corrected chi connectivity index (χ1v) is 6.44. The van der Waals surface area contributed by atoms with Crippen molar-refractivity contribution in [2.75, 3.05) is 13.2 Å². The van der Waals surface area contributed by atoms with Crippen molar-refractivity contribution in [1.29, 1.82) is 0 Å². The highest BCUT2D eigenvalue weighted by Crippen LogP contribution is 2.17. The Labute approximate surface area is 105 Å². The highest BCUT2D eigenvalue weighted by molar-refractivity contribution is 5.26. The Kier molecular flexibility index (Phi) is 5.66. The van der Waals surface area contributed by atoms with Crippen LogP contribution in [-0.4, -0.2) is 13.2 Å². The average Bonchev–Trinajstić information content (AvgIpc) is 2.28. The van der Waals surface area contributed by atoms with Gasteiger partial charge in [-0.1, -0.05) is 52.0 Å². The van der Waals surface area contributed by atoms with E-state index in [2.05, 4.69) is 52.0 Å². The maximum atomic E-state index is 6.08. The lowest BCUT2D eigenvalue weighted by molar-refractivity contribution is 0.0983. The van der Waals surface area contributed by atoms with Gasteiger partial charge in [0.2, 0.25) is 0 Å². The van der Waals surface area contributed by atoms with Gasteiger partial charge in [0.1, 0.15) is 0 Å². The van der Waals surface area contributed by atoms with Crippen LogP contribution < -0.4 is 5.73 Å². The van der Waals surface area contributed by atoms with Crippen molar-refractivity contribution in [1.82, 2.24) is 0 Å². The Morgan fingerprint density at radius 2 is 1.47 bits per heavy atom. The number of rotatable bonds is 6. The predicted molar refractivity (Wildman–Crippen MR) is 73.1 cm³/mol. The Balaban J connectivity index is 2.48. The fourth-order valence-electron chi connectivity index (χ4n) is 1.66. The van der Waals surface area contributed by atoms with Gasteiger partial charge < -0.3 is 10.5 Å². The molecule has 1 rings (SSSR count). The topological polar surface area (TPSA) is 35.2 Å². The van der Waals surface area contributed by atoms with Crippen LogP contribution in [-0.2, 0) is 4.74 Å². The molecule has 0 aliphatic carbocycles. The lowest BCUT2D eigenvalue weighted by Gasteiger charge is -2.15. The number of benzene rings is 1. The quantitative estimate of drug-likeness (QED) is 0.819. The molecule has 0 radical (unpaired) electrons. The number of nitrogens with two attached hydrogens (primary N) is 1. The van der Waals surface area contributed by atoms with Crippen LogP contribution in [0.1, 0.15) is 50.8 Å². The van der Waals surface area contributed by atoms with Gasteiger partial charge in [-0.15, -0.1) is 0 Å². The Hall–Kier alpha value is -0.860. The van der Waals surface area contributed by atoms with Gasteiger partial charge in [0.15, 0.2) is 0 Å². The third-order valence-electron chi connectivity index (χ3n) is 2.78. The van der Waals surface area contributed by atoms with Crippen LogP contribution in [0.4, 0.5) is 0 Å². The third-order valence-corrected chi connectivity index (χ3v) is 2.78. The maximum absolute atomic E-state index is 6.08. The molecule has 0 aromatic heterocycles. The summed E-state index contributed by atoms with van der Waals surface area (Å²) in [5.74, 6) is 1.13. The zero-order chi connectivity index (χ0) is 12.8. The van der Waals surface area contributed by atoms with E-state index in [4.69, 9.17) is 10.5 Å². The van der Waals surface area contributed by atoms with Crippen molar-refractivity contribution in [3.05, 3.63) is 35.4 Å². The van der Waals surface area contributed by atoms with Gasteiger partial charge in [-0.2, -0.15) is 0 Å². The Bertz CT molecular complexity index is 316. The molecule has 96 valence electrons. The summed E-state index contributed by atoms with van der Waals surface area (Å²) in [5, 5.41) is 0. The van der Waals surface area contributed by atoms with Crippen LogP contribution >= 0.6 is 0 Å². The second-order valence-electron chi connectivity index (χ2n) is 5.36. The largest absolute Gasteiger partial charge is 0.379 e. The van der Waals surface area contributed by atoms with E-state index >= 15 is 0 Å². The van der Waals surface area contributed by atoms with E-state index in [9.17, 15) is 0 Å². The highest BCUT2D eigenvalue weighted by Gasteiger charge is 2.07. The van der Waals surface area contributed by atoms with Crippen molar-refractivity contribution in [3.8, 4) is 0 Å². The molecular formula is C15H25NO. The molecule has 0 saturated carbocycles. The van der Waals surface area contributed by atoms with Crippen molar-refractivity contribution < 1.29 is 4.74 Å². The molecule has 0 heterocycles. The summed E-state index contributed by atoms with van der Waals surface area (Å²) in [6.45, 7) is 10.0. The van der Waals surface area contributed by atoms with Crippen LogP contribution in [0.3, 0.4) is 0 Å². The molecule has 0 bridgehead atoms. The Morgan fingerprint density at radius 3 is 1.94 bits per heavy atom. The normalized spacial score (nSPS) is 13.4. The van der Waals surface area contributed by atoms with Crippen LogP contribution in [0, 0.1) is 5.92 Å². The summed E-state index contributed by atoms with van der Waals surface area (Å²) in [4.78, 5) is 0. The lowest BCUT2D eigenvalue weighted by atomic mass is 9.99. The van der Waals surface area contributed by atoms with Gasteiger partial charge in [0.25, 0.3) is 0 Å². The van der Waals surface area contributed by atoms with Crippen molar-refractivity contribution in [3.63, 3.8) is 0 Å². The van der Waals surface area contributed by atoms with Crippen LogP contribution in [0.15, 0.2) is 24.3 Å². The second-order valence-corrected chi connectivity index (χ2v) is 5.36. The fourth-order valence-corrected chi connectivity index (χ4v) is 1.66.